The second-order valence-electron chi connectivity index (χ2n) is 13.6. The van der Waals surface area contributed by atoms with Gasteiger partial charge in [-0.2, -0.15) is 0 Å². The number of rotatable bonds is 6. The predicted octanol–water partition coefficient (Wildman–Crippen LogP) is 10.1. The zero-order valence-corrected chi connectivity index (χ0v) is 29.4. The number of hydrogen-bond donors (Lipinski definition) is 1. The van der Waals surface area contributed by atoms with Crippen molar-refractivity contribution in [3.8, 4) is 56.2 Å². The second kappa shape index (κ2) is 13.4. The van der Waals surface area contributed by atoms with E-state index in [1.807, 2.05) is 6.20 Å². The summed E-state index contributed by atoms with van der Waals surface area (Å²) in [6.45, 7) is 0.799. The molecule has 4 heteroatoms. The van der Waals surface area contributed by atoms with Crippen LogP contribution in [0.1, 0.15) is 5.56 Å². The Bertz CT molecular complexity index is 2950. The van der Waals surface area contributed by atoms with E-state index in [0.29, 0.717) is 5.82 Å². The lowest BCUT2D eigenvalue weighted by atomic mass is 9.93. The molecule has 0 radical (unpaired) electrons. The van der Waals surface area contributed by atoms with E-state index in [2.05, 4.69) is 187 Å². The summed E-state index contributed by atoms with van der Waals surface area (Å²) in [5.41, 5.74) is 12.5. The van der Waals surface area contributed by atoms with E-state index < -0.39 is 0 Å². The summed E-state index contributed by atoms with van der Waals surface area (Å²) in [6, 6.07) is 61.9. The van der Waals surface area contributed by atoms with Crippen LogP contribution in [-0.2, 0) is 0 Å². The highest BCUT2D eigenvalue weighted by Gasteiger charge is 2.18. The van der Waals surface area contributed by atoms with E-state index in [4.69, 9.17) is 15.0 Å². The van der Waals surface area contributed by atoms with Crippen molar-refractivity contribution in [2.45, 2.75) is 0 Å². The normalized spacial score (nSPS) is 12.3. The highest BCUT2D eigenvalue weighted by Crippen LogP contribution is 2.39. The Hall–Kier alpha value is -7.17. The van der Waals surface area contributed by atoms with Gasteiger partial charge in [0.1, 0.15) is 0 Å². The summed E-state index contributed by atoms with van der Waals surface area (Å²) in [6.07, 6.45) is 4.12. The molecule has 1 aliphatic rings. The Kier molecular flexibility index (Phi) is 7.85. The molecule has 2 aromatic heterocycles. The SMILES string of the molecule is C1=c2ccccc2=C(c2ccc(-c3nc(-c4ccc(-c5nccc6ccccc56)cc4)nc4c(-c5ccccc5)cc(-c5ccccc5)cc34)cc2)NC1. The molecular weight excluding hydrogens is 657 g/mol. The van der Waals surface area contributed by atoms with Crippen molar-refractivity contribution in [3.05, 3.63) is 198 Å². The van der Waals surface area contributed by atoms with Crippen molar-refractivity contribution in [1.82, 2.24) is 20.3 Å². The molecule has 54 heavy (non-hydrogen) atoms. The van der Waals surface area contributed by atoms with Gasteiger partial charge in [-0.3, -0.25) is 4.98 Å². The largest absolute Gasteiger partial charge is 0.381 e. The third kappa shape index (κ3) is 5.71. The van der Waals surface area contributed by atoms with Gasteiger partial charge in [-0.1, -0.05) is 164 Å². The fourth-order valence-corrected chi connectivity index (χ4v) is 7.66. The molecule has 0 spiro atoms. The van der Waals surface area contributed by atoms with E-state index in [1.54, 1.807) is 0 Å². The van der Waals surface area contributed by atoms with Crippen molar-refractivity contribution < 1.29 is 0 Å². The molecule has 0 unspecified atom stereocenters. The highest BCUT2D eigenvalue weighted by molar-refractivity contribution is 6.04. The van der Waals surface area contributed by atoms with Gasteiger partial charge >= 0.3 is 0 Å². The molecule has 0 bridgehead atoms. The van der Waals surface area contributed by atoms with Crippen molar-refractivity contribution in [3.63, 3.8) is 0 Å². The third-order valence-electron chi connectivity index (χ3n) is 10.4. The van der Waals surface area contributed by atoms with Crippen molar-refractivity contribution in [2.24, 2.45) is 0 Å². The van der Waals surface area contributed by atoms with E-state index in [-0.39, 0.29) is 0 Å². The number of fused-ring (bicyclic) bond motifs is 3. The van der Waals surface area contributed by atoms with Crippen LogP contribution < -0.4 is 15.8 Å². The standard InChI is InChI=1S/C50H34N4/c1-3-11-33(12-4-1)41-31-44(34-13-5-2-6-14-34)49-45(32-41)48(39-21-19-37(20-22-39)46-42-17-9-7-15-35(42)27-29-51-46)53-50(54-49)40-25-23-38(24-26-40)47-43-18-10-8-16-36(43)28-30-52-47/h1-28,30-32,51H,29H2. The van der Waals surface area contributed by atoms with Crippen LogP contribution in [0.15, 0.2) is 182 Å². The van der Waals surface area contributed by atoms with E-state index in [0.717, 1.165) is 84.4 Å². The molecule has 10 rings (SSSR count). The lowest BCUT2D eigenvalue weighted by Gasteiger charge is -2.17. The Labute approximate surface area is 313 Å². The Morgan fingerprint density at radius 3 is 1.89 bits per heavy atom. The predicted molar refractivity (Wildman–Crippen MR) is 223 cm³/mol. The first-order chi connectivity index (χ1) is 26.8. The topological polar surface area (TPSA) is 50.7 Å². The van der Waals surface area contributed by atoms with Crippen LogP contribution in [0.2, 0.25) is 0 Å². The summed E-state index contributed by atoms with van der Waals surface area (Å²) < 4.78 is 0. The smallest absolute Gasteiger partial charge is 0.160 e. The number of benzene rings is 7. The molecule has 0 saturated heterocycles. The lowest BCUT2D eigenvalue weighted by Crippen LogP contribution is -2.37. The van der Waals surface area contributed by atoms with Gasteiger partial charge in [0.05, 0.1) is 16.9 Å². The molecule has 7 aromatic carbocycles. The number of pyridine rings is 1. The minimum atomic E-state index is 0.677. The molecule has 1 N–H and O–H groups in total. The summed E-state index contributed by atoms with van der Waals surface area (Å²) in [5.74, 6) is 0.677. The zero-order chi connectivity index (χ0) is 35.8. The maximum Gasteiger partial charge on any atom is 0.160 e. The van der Waals surface area contributed by atoms with Gasteiger partial charge in [0, 0.05) is 56.7 Å². The van der Waals surface area contributed by atoms with E-state index in [1.165, 1.54) is 15.8 Å². The molecule has 3 heterocycles. The number of hydrogen-bond acceptors (Lipinski definition) is 4. The van der Waals surface area contributed by atoms with E-state index >= 15 is 0 Å². The maximum absolute atomic E-state index is 5.39. The minimum absolute atomic E-state index is 0.677. The van der Waals surface area contributed by atoms with Crippen LogP contribution in [0.5, 0.6) is 0 Å². The first kappa shape index (κ1) is 31.6. The van der Waals surface area contributed by atoms with Gasteiger partial charge in [-0.15, -0.1) is 0 Å². The molecule has 1 aliphatic heterocycles. The lowest BCUT2D eigenvalue weighted by molar-refractivity contribution is 1.01. The Morgan fingerprint density at radius 2 is 1.09 bits per heavy atom. The van der Waals surface area contributed by atoms with Crippen LogP contribution >= 0.6 is 0 Å². The highest BCUT2D eigenvalue weighted by atomic mass is 14.9. The Morgan fingerprint density at radius 1 is 0.444 bits per heavy atom. The van der Waals surface area contributed by atoms with Crippen LogP contribution in [0.25, 0.3) is 89.6 Å². The summed E-state index contributed by atoms with van der Waals surface area (Å²) >= 11 is 0. The van der Waals surface area contributed by atoms with Crippen molar-refractivity contribution in [1.29, 1.82) is 0 Å². The van der Waals surface area contributed by atoms with Crippen molar-refractivity contribution >= 4 is 33.4 Å². The fourth-order valence-electron chi connectivity index (χ4n) is 7.66. The monoisotopic (exact) mass is 690 g/mol. The minimum Gasteiger partial charge on any atom is -0.381 e. The first-order valence-corrected chi connectivity index (χ1v) is 18.3. The van der Waals surface area contributed by atoms with Gasteiger partial charge in [0.25, 0.3) is 0 Å². The van der Waals surface area contributed by atoms with Crippen LogP contribution in [0.3, 0.4) is 0 Å². The Balaban J connectivity index is 1.18. The molecule has 0 amide bonds. The van der Waals surface area contributed by atoms with Crippen LogP contribution in [0.4, 0.5) is 0 Å². The number of nitrogens with zero attached hydrogens (tertiary/aromatic N) is 3. The van der Waals surface area contributed by atoms with Gasteiger partial charge in [-0.05, 0) is 51.1 Å². The molecule has 4 nitrogen and oxygen atoms in total. The average Bonchev–Trinajstić information content (AvgIpc) is 3.26. The van der Waals surface area contributed by atoms with Gasteiger partial charge in [0.2, 0.25) is 0 Å². The van der Waals surface area contributed by atoms with Gasteiger partial charge in [-0.25, -0.2) is 9.97 Å². The molecule has 0 atom stereocenters. The quantitative estimate of drug-likeness (QED) is 0.189. The summed E-state index contributed by atoms with van der Waals surface area (Å²) in [7, 11) is 0. The second-order valence-corrected chi connectivity index (χ2v) is 13.6. The number of aromatic nitrogens is 3. The third-order valence-corrected chi connectivity index (χ3v) is 10.4. The molecular formula is C50H34N4. The van der Waals surface area contributed by atoms with Gasteiger partial charge < -0.3 is 5.32 Å². The fraction of sp³-hybridized carbons (Fsp3) is 0.0200. The molecule has 0 saturated carbocycles. The average molecular weight is 691 g/mol. The molecule has 9 aromatic rings. The maximum atomic E-state index is 5.39. The van der Waals surface area contributed by atoms with Gasteiger partial charge in [0.15, 0.2) is 5.82 Å². The zero-order valence-electron chi connectivity index (χ0n) is 29.4. The molecule has 0 fully saturated rings. The first-order valence-electron chi connectivity index (χ1n) is 18.3. The van der Waals surface area contributed by atoms with E-state index in [9.17, 15) is 0 Å². The summed E-state index contributed by atoms with van der Waals surface area (Å²) in [5, 5.41) is 9.40. The molecule has 254 valence electrons. The summed E-state index contributed by atoms with van der Waals surface area (Å²) in [4.78, 5) is 15.5. The van der Waals surface area contributed by atoms with Crippen LogP contribution in [0, 0.1) is 0 Å². The van der Waals surface area contributed by atoms with Crippen LogP contribution in [-0.4, -0.2) is 21.5 Å². The number of nitrogens with one attached hydrogen (secondary N) is 1. The van der Waals surface area contributed by atoms with Crippen molar-refractivity contribution in [2.75, 3.05) is 6.54 Å². The molecule has 0 aliphatic carbocycles.